The summed E-state index contributed by atoms with van der Waals surface area (Å²) in [7, 11) is 0. The zero-order chi connectivity index (χ0) is 14.0. The molecule has 1 aliphatic heterocycles. The van der Waals surface area contributed by atoms with Gasteiger partial charge in [-0.3, -0.25) is 4.79 Å². The molecule has 0 bridgehead atoms. The normalized spacial score (nSPS) is 16.6. The molecule has 0 N–H and O–H groups in total. The van der Waals surface area contributed by atoms with E-state index in [-0.39, 0.29) is 11.8 Å². The Kier molecular flexibility index (Phi) is 3.99. The highest BCUT2D eigenvalue weighted by atomic mass is 32.2. The average Bonchev–Trinajstić information content (AvgIpc) is 2.36. The fourth-order valence-corrected chi connectivity index (χ4v) is 3.19. The van der Waals surface area contributed by atoms with Crippen molar-refractivity contribution in [2.75, 3.05) is 5.75 Å². The van der Waals surface area contributed by atoms with Gasteiger partial charge >= 0.3 is 11.9 Å². The van der Waals surface area contributed by atoms with Crippen LogP contribution in [0.25, 0.3) is 0 Å². The Morgan fingerprint density at radius 3 is 2.79 bits per heavy atom. The second-order valence-corrected chi connectivity index (χ2v) is 6.58. The fraction of sp³-hybridized carbons (Fsp3) is 0.467. The summed E-state index contributed by atoms with van der Waals surface area (Å²) in [5.41, 5.74) is 1.86. The number of ether oxygens (including phenoxy) is 1. The van der Waals surface area contributed by atoms with Crippen LogP contribution in [0, 0.1) is 5.41 Å². The van der Waals surface area contributed by atoms with Gasteiger partial charge in [-0.15, -0.1) is 11.8 Å². The quantitative estimate of drug-likeness (QED) is 0.614. The van der Waals surface area contributed by atoms with Crippen molar-refractivity contribution in [3.05, 3.63) is 29.3 Å². The van der Waals surface area contributed by atoms with E-state index in [0.717, 1.165) is 12.2 Å². The molecule has 0 saturated heterocycles. The molecule has 0 saturated carbocycles. The van der Waals surface area contributed by atoms with Crippen molar-refractivity contribution in [2.24, 2.45) is 5.41 Å². The molecule has 1 aliphatic rings. The largest absolute Gasteiger partial charge is 0.389 e. The Morgan fingerprint density at radius 2 is 2.11 bits per heavy atom. The molecule has 0 radical (unpaired) electrons. The highest BCUT2D eigenvalue weighted by Gasteiger charge is 2.26. The predicted molar refractivity (Wildman–Crippen MR) is 75.4 cm³/mol. The summed E-state index contributed by atoms with van der Waals surface area (Å²) in [6.45, 7) is 6.10. The van der Waals surface area contributed by atoms with Crippen LogP contribution in [0.15, 0.2) is 23.1 Å². The topological polar surface area (TPSA) is 43.4 Å². The van der Waals surface area contributed by atoms with Gasteiger partial charge in [0.2, 0.25) is 0 Å². The summed E-state index contributed by atoms with van der Waals surface area (Å²) in [5, 5.41) is 0. The predicted octanol–water partition coefficient (Wildman–Crippen LogP) is 3.45. The Morgan fingerprint density at radius 1 is 1.37 bits per heavy atom. The number of rotatable bonds is 2. The minimum Gasteiger partial charge on any atom is -0.389 e. The lowest BCUT2D eigenvalue weighted by Gasteiger charge is -2.30. The number of benzene rings is 1. The lowest BCUT2D eigenvalue weighted by atomic mass is 9.87. The minimum atomic E-state index is -0.553. The number of hydrogen-bond donors (Lipinski definition) is 0. The first-order valence-electron chi connectivity index (χ1n) is 6.42. The molecule has 102 valence electrons. The average molecular weight is 278 g/mol. The number of carbonyl (C=O) groups is 2. The van der Waals surface area contributed by atoms with E-state index in [9.17, 15) is 9.59 Å². The molecular formula is C15H18O3S. The van der Waals surface area contributed by atoms with E-state index in [1.807, 2.05) is 23.9 Å². The van der Waals surface area contributed by atoms with Gasteiger partial charge in [0.05, 0.1) is 5.56 Å². The van der Waals surface area contributed by atoms with E-state index in [1.165, 1.54) is 10.5 Å². The van der Waals surface area contributed by atoms with Crippen molar-refractivity contribution in [3.8, 4) is 0 Å². The molecule has 3 nitrogen and oxygen atoms in total. The second kappa shape index (κ2) is 5.37. The van der Waals surface area contributed by atoms with Gasteiger partial charge in [0.25, 0.3) is 0 Å². The van der Waals surface area contributed by atoms with Crippen LogP contribution < -0.4 is 0 Å². The van der Waals surface area contributed by atoms with Gasteiger partial charge in [-0.2, -0.15) is 0 Å². The molecule has 0 atom stereocenters. The van der Waals surface area contributed by atoms with Gasteiger partial charge in [0, 0.05) is 17.1 Å². The third kappa shape index (κ3) is 3.38. The Balaban J connectivity index is 2.21. The van der Waals surface area contributed by atoms with Crippen molar-refractivity contribution in [1.29, 1.82) is 0 Å². The van der Waals surface area contributed by atoms with Crippen molar-refractivity contribution in [2.45, 2.75) is 38.5 Å². The van der Waals surface area contributed by atoms with Crippen LogP contribution in [0.3, 0.4) is 0 Å². The van der Waals surface area contributed by atoms with Gasteiger partial charge in [0.1, 0.15) is 0 Å². The Hall–Kier alpha value is -1.29. The van der Waals surface area contributed by atoms with Crippen molar-refractivity contribution >= 4 is 23.7 Å². The van der Waals surface area contributed by atoms with Crippen LogP contribution in [0.1, 0.15) is 43.1 Å². The molecule has 0 aromatic heterocycles. The maximum atomic E-state index is 11.8. The molecule has 1 aromatic carbocycles. The Bertz CT molecular complexity index is 520. The Labute approximate surface area is 117 Å². The maximum Gasteiger partial charge on any atom is 0.345 e. The monoisotopic (exact) mass is 278 g/mol. The molecule has 2 rings (SSSR count). The van der Waals surface area contributed by atoms with Gasteiger partial charge in [-0.05, 0) is 35.6 Å². The minimum absolute atomic E-state index is 0.208. The molecule has 1 aromatic rings. The van der Waals surface area contributed by atoms with Gasteiger partial charge in [0.15, 0.2) is 0 Å². The summed E-state index contributed by atoms with van der Waals surface area (Å²) >= 11 is 1.82. The second-order valence-electron chi connectivity index (χ2n) is 5.57. The zero-order valence-electron chi connectivity index (χ0n) is 11.5. The molecule has 1 heterocycles. The summed E-state index contributed by atoms with van der Waals surface area (Å²) in [5.74, 6) is 0.0402. The first-order valence-corrected chi connectivity index (χ1v) is 7.40. The third-order valence-electron chi connectivity index (χ3n) is 3.08. The van der Waals surface area contributed by atoms with E-state index in [0.29, 0.717) is 5.56 Å². The number of fused-ring (bicyclic) bond motifs is 1. The van der Waals surface area contributed by atoms with E-state index in [4.69, 9.17) is 4.74 Å². The number of esters is 2. The van der Waals surface area contributed by atoms with E-state index >= 15 is 0 Å². The standard InChI is InChI=1S/C15H18O3S/c1-4-13(16)18-14(17)10-5-6-12-11(7-10)8-15(2,3)9-19-12/h5-7H,4,8-9H2,1-3H3. The van der Waals surface area contributed by atoms with Crippen molar-refractivity contribution < 1.29 is 14.3 Å². The number of carbonyl (C=O) groups excluding carboxylic acids is 2. The molecule has 19 heavy (non-hydrogen) atoms. The SMILES string of the molecule is CCC(=O)OC(=O)c1ccc2c(c1)CC(C)(C)CS2. The molecule has 0 unspecified atom stereocenters. The first kappa shape index (κ1) is 14.1. The molecule has 0 aliphatic carbocycles. The fourth-order valence-electron chi connectivity index (χ4n) is 2.06. The summed E-state index contributed by atoms with van der Waals surface area (Å²) < 4.78 is 4.74. The molecular weight excluding hydrogens is 260 g/mol. The van der Waals surface area contributed by atoms with E-state index < -0.39 is 11.9 Å². The lowest BCUT2D eigenvalue weighted by Crippen LogP contribution is -2.22. The highest BCUT2D eigenvalue weighted by molar-refractivity contribution is 7.99. The van der Waals surface area contributed by atoms with Crippen LogP contribution in [-0.2, 0) is 16.0 Å². The zero-order valence-corrected chi connectivity index (χ0v) is 12.3. The van der Waals surface area contributed by atoms with Gasteiger partial charge < -0.3 is 4.74 Å². The van der Waals surface area contributed by atoms with E-state index in [1.54, 1.807) is 13.0 Å². The van der Waals surface area contributed by atoms with Crippen molar-refractivity contribution in [1.82, 2.24) is 0 Å². The molecule has 0 amide bonds. The summed E-state index contributed by atoms with van der Waals surface area (Å²) in [4.78, 5) is 24.2. The first-order chi connectivity index (χ1) is 8.91. The van der Waals surface area contributed by atoms with Crippen molar-refractivity contribution in [3.63, 3.8) is 0 Å². The van der Waals surface area contributed by atoms with Crippen LogP contribution >= 0.6 is 11.8 Å². The van der Waals surface area contributed by atoms with Crippen LogP contribution in [0.5, 0.6) is 0 Å². The summed E-state index contributed by atoms with van der Waals surface area (Å²) in [6, 6.07) is 5.53. The molecule has 0 fully saturated rings. The number of hydrogen-bond acceptors (Lipinski definition) is 4. The number of thioether (sulfide) groups is 1. The smallest absolute Gasteiger partial charge is 0.345 e. The lowest BCUT2D eigenvalue weighted by molar-refractivity contribution is -0.137. The maximum absolute atomic E-state index is 11.8. The van der Waals surface area contributed by atoms with Gasteiger partial charge in [-0.1, -0.05) is 20.8 Å². The molecule has 4 heteroatoms. The van der Waals surface area contributed by atoms with E-state index in [2.05, 4.69) is 13.8 Å². The summed E-state index contributed by atoms with van der Waals surface area (Å²) in [6.07, 6.45) is 1.15. The van der Waals surface area contributed by atoms with Crippen LogP contribution in [0.4, 0.5) is 0 Å². The van der Waals surface area contributed by atoms with Gasteiger partial charge in [-0.25, -0.2) is 4.79 Å². The third-order valence-corrected chi connectivity index (χ3v) is 4.71. The highest BCUT2D eigenvalue weighted by Crippen LogP contribution is 2.39. The van der Waals surface area contributed by atoms with Crippen LogP contribution in [0.2, 0.25) is 0 Å². The molecule has 0 spiro atoms. The van der Waals surface area contributed by atoms with Crippen LogP contribution in [-0.4, -0.2) is 17.7 Å².